The number of hydrogen-bond acceptors (Lipinski definition) is 5. The van der Waals surface area contributed by atoms with Crippen LogP contribution in [0, 0.1) is 6.92 Å². The van der Waals surface area contributed by atoms with Gasteiger partial charge in [0.1, 0.15) is 11.8 Å². The van der Waals surface area contributed by atoms with E-state index in [1.54, 1.807) is 24.0 Å². The summed E-state index contributed by atoms with van der Waals surface area (Å²) in [4.78, 5) is 17.0. The summed E-state index contributed by atoms with van der Waals surface area (Å²) in [6.07, 6.45) is 1.12. The van der Waals surface area contributed by atoms with Crippen molar-refractivity contribution in [1.82, 2.24) is 9.80 Å². The number of piperazine rings is 1. The Kier molecular flexibility index (Phi) is 6.52. The summed E-state index contributed by atoms with van der Waals surface area (Å²) < 4.78 is 31.6. The molecule has 0 unspecified atom stereocenters. The number of aryl methyl sites for hydroxylation is 1. The average Bonchev–Trinajstić information content (AvgIpc) is 2.60. The van der Waals surface area contributed by atoms with Crippen LogP contribution in [0.5, 0.6) is 5.75 Å². The Bertz CT molecular complexity index is 743. The van der Waals surface area contributed by atoms with Gasteiger partial charge in [0.25, 0.3) is 0 Å². The van der Waals surface area contributed by atoms with Gasteiger partial charge in [-0.1, -0.05) is 13.0 Å². The zero-order chi connectivity index (χ0) is 19.5. The molecule has 0 spiro atoms. The van der Waals surface area contributed by atoms with Crippen molar-refractivity contribution in [2.75, 3.05) is 50.4 Å². The fourth-order valence-electron chi connectivity index (χ4n) is 3.30. The maximum atomic E-state index is 13.0. The van der Waals surface area contributed by atoms with Gasteiger partial charge in [-0.25, -0.2) is 8.42 Å². The molecule has 146 valence electrons. The van der Waals surface area contributed by atoms with E-state index in [0.29, 0.717) is 24.5 Å². The SMILES string of the molecule is CCN1CCN(C(=O)[C@H](C)N(c2cc(C)ccc2OC)S(C)(=O)=O)CC1. The lowest BCUT2D eigenvalue weighted by molar-refractivity contribution is -0.133. The van der Waals surface area contributed by atoms with E-state index >= 15 is 0 Å². The monoisotopic (exact) mass is 383 g/mol. The van der Waals surface area contributed by atoms with E-state index < -0.39 is 16.1 Å². The molecule has 8 heteroatoms. The van der Waals surface area contributed by atoms with Gasteiger partial charge in [0.2, 0.25) is 15.9 Å². The summed E-state index contributed by atoms with van der Waals surface area (Å²) in [5.41, 5.74) is 1.29. The Morgan fingerprint density at radius 2 is 1.88 bits per heavy atom. The predicted octanol–water partition coefficient (Wildman–Crippen LogP) is 1.32. The summed E-state index contributed by atoms with van der Waals surface area (Å²) in [6, 6.07) is 4.46. The molecule has 2 rings (SSSR count). The molecule has 1 saturated heterocycles. The van der Waals surface area contributed by atoms with Gasteiger partial charge in [0.15, 0.2) is 0 Å². The van der Waals surface area contributed by atoms with Gasteiger partial charge in [-0.3, -0.25) is 9.10 Å². The third-order valence-corrected chi connectivity index (χ3v) is 6.00. The molecular formula is C18H29N3O4S. The van der Waals surface area contributed by atoms with Crippen LogP contribution in [-0.4, -0.2) is 76.3 Å². The Hall–Kier alpha value is -1.80. The van der Waals surface area contributed by atoms with Crippen molar-refractivity contribution in [3.63, 3.8) is 0 Å². The molecule has 0 bridgehead atoms. The summed E-state index contributed by atoms with van der Waals surface area (Å²) in [7, 11) is -2.18. The van der Waals surface area contributed by atoms with E-state index in [-0.39, 0.29) is 5.91 Å². The molecule has 0 radical (unpaired) electrons. The number of likely N-dealkylation sites (N-methyl/N-ethyl adjacent to an activating group) is 1. The first-order valence-electron chi connectivity index (χ1n) is 8.84. The topological polar surface area (TPSA) is 70.2 Å². The number of rotatable bonds is 6. The first-order chi connectivity index (χ1) is 12.2. The lowest BCUT2D eigenvalue weighted by Gasteiger charge is -2.38. The molecule has 1 aliphatic rings. The number of sulfonamides is 1. The molecule has 0 aromatic heterocycles. The molecule has 1 atom stereocenters. The second kappa shape index (κ2) is 8.26. The van der Waals surface area contributed by atoms with Crippen LogP contribution in [0.1, 0.15) is 19.4 Å². The zero-order valence-corrected chi connectivity index (χ0v) is 17.0. The molecule has 1 aromatic rings. The van der Waals surface area contributed by atoms with E-state index in [4.69, 9.17) is 4.74 Å². The van der Waals surface area contributed by atoms with Crippen molar-refractivity contribution >= 4 is 21.6 Å². The quantitative estimate of drug-likeness (QED) is 0.741. The van der Waals surface area contributed by atoms with Crippen LogP contribution in [0.2, 0.25) is 0 Å². The van der Waals surface area contributed by atoms with Crippen molar-refractivity contribution in [3.8, 4) is 5.75 Å². The summed E-state index contributed by atoms with van der Waals surface area (Å²) in [5, 5.41) is 0. The van der Waals surface area contributed by atoms with Crippen molar-refractivity contribution in [3.05, 3.63) is 23.8 Å². The molecule has 1 aliphatic heterocycles. The molecule has 1 fully saturated rings. The summed E-state index contributed by atoms with van der Waals surface area (Å²) >= 11 is 0. The normalized spacial score (nSPS) is 17.0. The highest BCUT2D eigenvalue weighted by atomic mass is 32.2. The second-order valence-electron chi connectivity index (χ2n) is 6.67. The third kappa shape index (κ3) is 4.48. The number of methoxy groups -OCH3 is 1. The van der Waals surface area contributed by atoms with Crippen LogP contribution >= 0.6 is 0 Å². The number of amides is 1. The molecule has 1 heterocycles. The summed E-state index contributed by atoms with van der Waals surface area (Å²) in [5.74, 6) is 0.242. The fraction of sp³-hybridized carbons (Fsp3) is 0.611. The lowest BCUT2D eigenvalue weighted by atomic mass is 10.1. The molecule has 7 nitrogen and oxygen atoms in total. The van der Waals surface area contributed by atoms with Gasteiger partial charge >= 0.3 is 0 Å². The maximum absolute atomic E-state index is 13.0. The minimum Gasteiger partial charge on any atom is -0.495 e. The van der Waals surface area contributed by atoms with Crippen molar-refractivity contribution in [2.45, 2.75) is 26.8 Å². The standard InChI is InChI=1S/C18H29N3O4S/c1-6-19-9-11-20(12-10-19)18(22)15(3)21(26(5,23)24)16-13-14(2)7-8-17(16)25-4/h7-8,13,15H,6,9-12H2,1-5H3/t15-/m0/s1. The largest absolute Gasteiger partial charge is 0.495 e. The van der Waals surface area contributed by atoms with E-state index in [9.17, 15) is 13.2 Å². The first kappa shape index (κ1) is 20.5. The maximum Gasteiger partial charge on any atom is 0.246 e. The number of benzene rings is 1. The Balaban J connectivity index is 2.33. The van der Waals surface area contributed by atoms with E-state index in [1.807, 2.05) is 13.0 Å². The zero-order valence-electron chi connectivity index (χ0n) is 16.2. The van der Waals surface area contributed by atoms with Gasteiger partial charge in [-0.15, -0.1) is 0 Å². The smallest absolute Gasteiger partial charge is 0.246 e. The van der Waals surface area contributed by atoms with Crippen LogP contribution < -0.4 is 9.04 Å². The Morgan fingerprint density at radius 3 is 2.38 bits per heavy atom. The molecule has 26 heavy (non-hydrogen) atoms. The molecular weight excluding hydrogens is 354 g/mol. The fourth-order valence-corrected chi connectivity index (χ4v) is 4.46. The number of nitrogens with zero attached hydrogens (tertiary/aromatic N) is 3. The highest BCUT2D eigenvalue weighted by Gasteiger charge is 2.34. The number of hydrogen-bond donors (Lipinski definition) is 0. The van der Waals surface area contributed by atoms with E-state index in [1.165, 1.54) is 11.4 Å². The highest BCUT2D eigenvalue weighted by molar-refractivity contribution is 7.92. The van der Waals surface area contributed by atoms with Gasteiger partial charge < -0.3 is 14.5 Å². The number of ether oxygens (including phenoxy) is 1. The number of anilines is 1. The van der Waals surface area contributed by atoms with E-state index in [0.717, 1.165) is 31.5 Å². The first-order valence-corrected chi connectivity index (χ1v) is 10.7. The van der Waals surface area contributed by atoms with E-state index in [2.05, 4.69) is 11.8 Å². The van der Waals surface area contributed by atoms with Gasteiger partial charge in [-0.2, -0.15) is 0 Å². The van der Waals surface area contributed by atoms with Crippen LogP contribution in [0.4, 0.5) is 5.69 Å². The van der Waals surface area contributed by atoms with Crippen molar-refractivity contribution in [2.24, 2.45) is 0 Å². The van der Waals surface area contributed by atoms with Crippen molar-refractivity contribution in [1.29, 1.82) is 0 Å². The molecule has 0 saturated carbocycles. The minimum absolute atomic E-state index is 0.185. The molecule has 1 aromatic carbocycles. The Labute approximate surface area is 156 Å². The van der Waals surface area contributed by atoms with Crippen LogP contribution in [0.3, 0.4) is 0 Å². The van der Waals surface area contributed by atoms with Crippen LogP contribution in [0.25, 0.3) is 0 Å². The lowest BCUT2D eigenvalue weighted by Crippen LogP contribution is -2.55. The molecule has 0 N–H and O–H groups in total. The van der Waals surface area contributed by atoms with Crippen LogP contribution in [0.15, 0.2) is 18.2 Å². The van der Waals surface area contributed by atoms with Crippen molar-refractivity contribution < 1.29 is 17.9 Å². The van der Waals surface area contributed by atoms with Gasteiger partial charge in [0, 0.05) is 26.2 Å². The molecule has 0 aliphatic carbocycles. The predicted molar refractivity (Wildman–Crippen MR) is 103 cm³/mol. The number of carbonyl (C=O) groups is 1. The van der Waals surface area contributed by atoms with Gasteiger partial charge in [0.05, 0.1) is 19.1 Å². The second-order valence-corrected chi connectivity index (χ2v) is 8.53. The third-order valence-electron chi connectivity index (χ3n) is 4.77. The summed E-state index contributed by atoms with van der Waals surface area (Å²) in [6.45, 7) is 9.39. The molecule has 1 amide bonds. The minimum atomic E-state index is -3.67. The number of carbonyl (C=O) groups excluding carboxylic acids is 1. The highest BCUT2D eigenvalue weighted by Crippen LogP contribution is 2.33. The average molecular weight is 384 g/mol. The Morgan fingerprint density at radius 1 is 1.27 bits per heavy atom. The van der Waals surface area contributed by atoms with Crippen LogP contribution in [-0.2, 0) is 14.8 Å². The van der Waals surface area contributed by atoms with Gasteiger partial charge in [-0.05, 0) is 38.1 Å².